The quantitative estimate of drug-likeness (QED) is 0.135. The largest absolute Gasteiger partial charge is 0.417 e. The molecule has 12 heteroatoms. The molecule has 0 aliphatic rings. The number of halogens is 6. The van der Waals surface area contributed by atoms with Gasteiger partial charge in [-0.25, -0.2) is 24.9 Å². The predicted molar refractivity (Wildman–Crippen MR) is 293 cm³/mol. The zero-order valence-corrected chi connectivity index (χ0v) is 41.2. The molecular formula is C65H42F6N6. The highest BCUT2D eigenvalue weighted by molar-refractivity contribution is 6.12. The number of hydrogen-bond acceptors (Lipinski definition) is 5. The standard InChI is InChI=1S/C65H42F6N6/c1-39-23-28-50(54(33-39)65(69,70)71)46-25-31-58-52(36-46)51-35-45(49-29-27-48(34-40(49)2)64(66,67)68)24-30-57(51)77(58)59-32-26-47(62-75-60(43-19-11-5-12-20-43)74-61(76-62)44-21-13-6-14-22-44)37-53(59)63-72-55(41-15-7-3-8-16-41)38-56(73-63)42-17-9-4-10-18-42/h3-38H,1-2H3. The van der Waals surface area contributed by atoms with Crippen LogP contribution in [0.4, 0.5) is 26.3 Å². The van der Waals surface area contributed by atoms with Crippen LogP contribution in [0.15, 0.2) is 218 Å². The van der Waals surface area contributed by atoms with E-state index < -0.39 is 23.5 Å². The van der Waals surface area contributed by atoms with E-state index in [-0.39, 0.29) is 5.56 Å². The molecule has 0 fully saturated rings. The minimum atomic E-state index is -4.65. The summed E-state index contributed by atoms with van der Waals surface area (Å²) in [7, 11) is 0. The first-order chi connectivity index (χ1) is 37.2. The second-order valence-electron chi connectivity index (χ2n) is 18.8. The van der Waals surface area contributed by atoms with Gasteiger partial charge in [0.25, 0.3) is 0 Å². The highest BCUT2D eigenvalue weighted by atomic mass is 19.4. The summed E-state index contributed by atoms with van der Waals surface area (Å²) in [5.41, 5.74) is 8.60. The number of fused-ring (bicyclic) bond motifs is 3. The third-order valence-corrected chi connectivity index (χ3v) is 13.7. The molecule has 9 aromatic carbocycles. The molecule has 6 nitrogen and oxygen atoms in total. The molecule has 0 amide bonds. The summed E-state index contributed by atoms with van der Waals surface area (Å²) in [6.07, 6.45) is -9.19. The molecule has 3 heterocycles. The van der Waals surface area contributed by atoms with Crippen molar-refractivity contribution in [2.24, 2.45) is 0 Å². The lowest BCUT2D eigenvalue weighted by molar-refractivity contribution is -0.138. The van der Waals surface area contributed by atoms with Crippen molar-refractivity contribution in [3.8, 4) is 96.0 Å². The maximum Gasteiger partial charge on any atom is 0.417 e. The Balaban J connectivity index is 1.16. The first-order valence-corrected chi connectivity index (χ1v) is 24.7. The molecule has 77 heavy (non-hydrogen) atoms. The molecule has 0 atom stereocenters. The fourth-order valence-corrected chi connectivity index (χ4v) is 9.99. The highest BCUT2D eigenvalue weighted by Crippen LogP contribution is 2.44. The minimum Gasteiger partial charge on any atom is -0.308 e. The van der Waals surface area contributed by atoms with Gasteiger partial charge in [-0.05, 0) is 108 Å². The Hall–Kier alpha value is -9.55. The third-order valence-electron chi connectivity index (χ3n) is 13.7. The fourth-order valence-electron chi connectivity index (χ4n) is 9.99. The number of hydrogen-bond donors (Lipinski definition) is 0. The molecule has 0 spiro atoms. The number of aryl methyl sites for hydroxylation is 2. The average molecular weight is 1020 g/mol. The Labute approximate surface area is 438 Å². The topological polar surface area (TPSA) is 69.4 Å². The predicted octanol–water partition coefficient (Wildman–Crippen LogP) is 17.7. The van der Waals surface area contributed by atoms with Crippen LogP contribution in [0.3, 0.4) is 0 Å². The van der Waals surface area contributed by atoms with Crippen LogP contribution in [0.2, 0.25) is 0 Å². The van der Waals surface area contributed by atoms with Crippen molar-refractivity contribution in [2.45, 2.75) is 26.2 Å². The lowest BCUT2D eigenvalue weighted by Gasteiger charge is -2.17. The van der Waals surface area contributed by atoms with Gasteiger partial charge in [0.1, 0.15) is 0 Å². The molecule has 3 aromatic heterocycles. The van der Waals surface area contributed by atoms with Gasteiger partial charge in [0, 0.05) is 44.2 Å². The second-order valence-corrected chi connectivity index (χ2v) is 18.8. The first-order valence-electron chi connectivity index (χ1n) is 24.7. The fraction of sp³-hybridized carbons (Fsp3) is 0.0615. The van der Waals surface area contributed by atoms with Crippen LogP contribution >= 0.6 is 0 Å². The molecule has 0 unspecified atom stereocenters. The van der Waals surface area contributed by atoms with Gasteiger partial charge in [0.2, 0.25) is 0 Å². The van der Waals surface area contributed by atoms with Crippen molar-refractivity contribution in [3.63, 3.8) is 0 Å². The van der Waals surface area contributed by atoms with Crippen molar-refractivity contribution in [2.75, 3.05) is 0 Å². The van der Waals surface area contributed by atoms with E-state index in [0.717, 1.165) is 40.5 Å². The summed E-state index contributed by atoms with van der Waals surface area (Å²) < 4.78 is 88.3. The molecular weight excluding hydrogens is 979 g/mol. The lowest BCUT2D eigenvalue weighted by Crippen LogP contribution is -2.07. The maximum absolute atomic E-state index is 14.8. The average Bonchev–Trinajstić information content (AvgIpc) is 3.84. The van der Waals surface area contributed by atoms with Gasteiger partial charge in [-0.3, -0.25) is 0 Å². The first kappa shape index (κ1) is 48.4. The van der Waals surface area contributed by atoms with Crippen molar-refractivity contribution >= 4 is 21.8 Å². The van der Waals surface area contributed by atoms with E-state index in [4.69, 9.17) is 24.9 Å². The van der Waals surface area contributed by atoms with Gasteiger partial charge in [-0.1, -0.05) is 157 Å². The Morgan fingerprint density at radius 1 is 0.338 bits per heavy atom. The molecule has 0 aliphatic carbocycles. The van der Waals surface area contributed by atoms with Gasteiger partial charge < -0.3 is 4.57 Å². The zero-order chi connectivity index (χ0) is 53.0. The van der Waals surface area contributed by atoms with E-state index in [9.17, 15) is 26.3 Å². The van der Waals surface area contributed by atoms with Crippen LogP contribution in [-0.4, -0.2) is 29.5 Å². The zero-order valence-electron chi connectivity index (χ0n) is 41.2. The summed E-state index contributed by atoms with van der Waals surface area (Å²) in [6.45, 7) is 3.25. The molecule has 0 N–H and O–H groups in total. The van der Waals surface area contributed by atoms with Crippen LogP contribution in [0, 0.1) is 13.8 Å². The van der Waals surface area contributed by atoms with Gasteiger partial charge >= 0.3 is 12.4 Å². The van der Waals surface area contributed by atoms with E-state index >= 15 is 0 Å². The molecule has 0 saturated heterocycles. The van der Waals surface area contributed by atoms with Gasteiger partial charge in [-0.15, -0.1) is 0 Å². The SMILES string of the molecule is Cc1ccc(-c2ccc3c(c2)c2cc(-c4ccc(C(F)(F)F)cc4C)ccc2n3-c2ccc(-c3nc(-c4ccccc4)nc(-c4ccccc4)n3)cc2-c2nc(-c3ccccc3)cc(-c3ccccc3)n2)c(C(F)(F)F)c1. The van der Waals surface area contributed by atoms with Gasteiger partial charge in [0.05, 0.1) is 39.2 Å². The van der Waals surface area contributed by atoms with Crippen molar-refractivity contribution in [3.05, 3.63) is 241 Å². The minimum absolute atomic E-state index is 0.00680. The van der Waals surface area contributed by atoms with E-state index in [1.807, 2.05) is 174 Å². The van der Waals surface area contributed by atoms with Crippen LogP contribution in [0.25, 0.3) is 118 Å². The van der Waals surface area contributed by atoms with Crippen molar-refractivity contribution in [1.29, 1.82) is 0 Å². The van der Waals surface area contributed by atoms with E-state index in [0.29, 0.717) is 101 Å². The van der Waals surface area contributed by atoms with E-state index in [1.165, 1.54) is 12.1 Å². The van der Waals surface area contributed by atoms with E-state index in [2.05, 4.69) is 0 Å². The molecule has 0 saturated carbocycles. The van der Waals surface area contributed by atoms with Crippen LogP contribution in [0.5, 0.6) is 0 Å². The van der Waals surface area contributed by atoms with Gasteiger partial charge in [0.15, 0.2) is 23.3 Å². The summed E-state index contributed by atoms with van der Waals surface area (Å²) in [5.74, 6) is 1.68. The summed E-state index contributed by atoms with van der Waals surface area (Å²) in [4.78, 5) is 25.7. The smallest absolute Gasteiger partial charge is 0.308 e. The number of benzene rings is 9. The lowest BCUT2D eigenvalue weighted by atomic mass is 9.95. The molecule has 0 radical (unpaired) electrons. The second kappa shape index (κ2) is 19.3. The Morgan fingerprint density at radius 3 is 1.30 bits per heavy atom. The summed E-state index contributed by atoms with van der Waals surface area (Å²) in [5, 5.41) is 1.25. The Morgan fingerprint density at radius 2 is 0.805 bits per heavy atom. The monoisotopic (exact) mass is 1020 g/mol. The molecule has 0 bridgehead atoms. The molecule has 12 rings (SSSR count). The molecule has 0 aliphatic heterocycles. The third kappa shape index (κ3) is 9.39. The number of alkyl halides is 6. The Bertz CT molecular complexity index is 4080. The number of rotatable bonds is 9. The number of nitrogens with zero attached hydrogens (tertiary/aromatic N) is 6. The highest BCUT2D eigenvalue weighted by Gasteiger charge is 2.34. The van der Waals surface area contributed by atoms with E-state index in [1.54, 1.807) is 32.0 Å². The molecule has 12 aromatic rings. The van der Waals surface area contributed by atoms with Crippen LogP contribution in [-0.2, 0) is 12.4 Å². The van der Waals surface area contributed by atoms with Crippen LogP contribution < -0.4 is 0 Å². The summed E-state index contributed by atoms with van der Waals surface area (Å²) in [6, 6.07) is 65.5. The summed E-state index contributed by atoms with van der Waals surface area (Å²) >= 11 is 0. The normalized spacial score (nSPS) is 11.9. The van der Waals surface area contributed by atoms with Crippen molar-refractivity contribution in [1.82, 2.24) is 29.5 Å². The number of aromatic nitrogens is 6. The van der Waals surface area contributed by atoms with Gasteiger partial charge in [-0.2, -0.15) is 26.3 Å². The van der Waals surface area contributed by atoms with Crippen molar-refractivity contribution < 1.29 is 26.3 Å². The van der Waals surface area contributed by atoms with Crippen LogP contribution in [0.1, 0.15) is 22.3 Å². The molecule has 374 valence electrons. The maximum atomic E-state index is 14.8. The Kier molecular flexibility index (Phi) is 12.1.